The predicted molar refractivity (Wildman–Crippen MR) is 278 cm³/mol. The monoisotopic (exact) mass is 1050 g/mol. The van der Waals surface area contributed by atoms with Gasteiger partial charge in [0, 0.05) is 55.3 Å². The second-order valence-corrected chi connectivity index (χ2v) is 21.1. The summed E-state index contributed by atoms with van der Waals surface area (Å²) in [6.45, 7) is 25.2. The topological polar surface area (TPSA) is 24.3 Å². The third-order valence-electron chi connectivity index (χ3n) is 13.9. The van der Waals surface area contributed by atoms with E-state index >= 15 is 0 Å². The molecule has 2 aromatic heterocycles. The molecular formula is C62H59N4Pt-3. The van der Waals surface area contributed by atoms with Crippen LogP contribution < -0.4 is 9.80 Å². The van der Waals surface area contributed by atoms with Gasteiger partial charge in [-0.25, -0.2) is 4.98 Å². The van der Waals surface area contributed by atoms with Gasteiger partial charge in [-0.2, -0.15) is 53.6 Å². The molecule has 0 N–H and O–H groups in total. The van der Waals surface area contributed by atoms with Crippen LogP contribution in [0.4, 0.5) is 22.7 Å². The Bertz CT molecular complexity index is 3220. The van der Waals surface area contributed by atoms with E-state index < -0.39 is 5.41 Å². The Morgan fingerprint density at radius 2 is 1.09 bits per heavy atom. The standard InChI is InChI=1S/C62H59N4.Pt/c1-59(2,3)48-35-49(60(4,5)6)38-51(37-48)65-41-64(55-26-17-18-27-56(55)65)50-25-19-24-45(36-50)62(9,10)46-29-30-52-53-34-43(42-20-13-11-14-21-42)28-31-54(53)66(57(52)39-46)58-40-47(32-33-63-58)61(7,8)44-22-15-12-16-23-44;/h11-35,37-38,40-41H,1-10H3;/q-3;. The minimum Gasteiger partial charge on any atom is -0.493 e. The van der Waals surface area contributed by atoms with E-state index in [1.807, 2.05) is 6.20 Å². The maximum absolute atomic E-state index is 5.08. The average molecular weight is 1060 g/mol. The van der Waals surface area contributed by atoms with Crippen LogP contribution in [0.15, 0.2) is 170 Å². The molecular weight excluding hydrogens is 996 g/mol. The molecule has 0 aliphatic carbocycles. The Labute approximate surface area is 412 Å². The van der Waals surface area contributed by atoms with Crippen molar-refractivity contribution >= 4 is 44.6 Å². The zero-order chi connectivity index (χ0) is 46.2. The van der Waals surface area contributed by atoms with Gasteiger partial charge in [0.2, 0.25) is 0 Å². The number of anilines is 4. The summed E-state index contributed by atoms with van der Waals surface area (Å²) in [5, 5.41) is 2.31. The van der Waals surface area contributed by atoms with Crippen LogP contribution in [0.3, 0.4) is 0 Å². The molecule has 4 nitrogen and oxygen atoms in total. The molecule has 1 aliphatic rings. The molecule has 0 fully saturated rings. The van der Waals surface area contributed by atoms with Crippen LogP contribution in [0, 0.1) is 18.8 Å². The van der Waals surface area contributed by atoms with E-state index in [1.54, 1.807) is 0 Å². The van der Waals surface area contributed by atoms with E-state index in [4.69, 9.17) is 4.98 Å². The van der Waals surface area contributed by atoms with Crippen molar-refractivity contribution < 1.29 is 21.1 Å². The minimum absolute atomic E-state index is 0. The van der Waals surface area contributed by atoms with Crippen LogP contribution in [-0.4, -0.2) is 9.55 Å². The van der Waals surface area contributed by atoms with E-state index in [0.717, 1.165) is 56.1 Å². The van der Waals surface area contributed by atoms with E-state index in [9.17, 15) is 0 Å². The molecule has 1 aliphatic heterocycles. The van der Waals surface area contributed by atoms with Crippen molar-refractivity contribution in [1.82, 2.24) is 9.55 Å². The summed E-state index contributed by atoms with van der Waals surface area (Å²) < 4.78 is 2.31. The van der Waals surface area contributed by atoms with E-state index in [0.29, 0.717) is 0 Å². The number of hydrogen-bond acceptors (Lipinski definition) is 3. The zero-order valence-electron chi connectivity index (χ0n) is 40.3. The van der Waals surface area contributed by atoms with Crippen molar-refractivity contribution in [3.8, 4) is 16.9 Å². The summed E-state index contributed by atoms with van der Waals surface area (Å²) in [6.07, 6.45) is 1.96. The molecule has 0 atom stereocenters. The first-order chi connectivity index (χ1) is 31.5. The second kappa shape index (κ2) is 17.1. The first-order valence-corrected chi connectivity index (χ1v) is 23.3. The molecule has 67 heavy (non-hydrogen) atoms. The Hall–Kier alpha value is -6.22. The fourth-order valence-corrected chi connectivity index (χ4v) is 9.54. The summed E-state index contributed by atoms with van der Waals surface area (Å²) in [4.78, 5) is 9.72. The van der Waals surface area contributed by atoms with Gasteiger partial charge in [0.15, 0.2) is 0 Å². The Morgan fingerprint density at radius 1 is 0.463 bits per heavy atom. The van der Waals surface area contributed by atoms with Crippen molar-refractivity contribution in [2.75, 3.05) is 9.80 Å². The van der Waals surface area contributed by atoms with Crippen molar-refractivity contribution in [3.63, 3.8) is 0 Å². The van der Waals surface area contributed by atoms with Crippen molar-refractivity contribution in [2.45, 2.75) is 90.9 Å². The predicted octanol–water partition coefficient (Wildman–Crippen LogP) is 16.1. The number of hydrogen-bond donors (Lipinski definition) is 0. The Kier molecular flexibility index (Phi) is 11.7. The van der Waals surface area contributed by atoms with Crippen LogP contribution in [-0.2, 0) is 42.7 Å². The van der Waals surface area contributed by atoms with E-state index in [2.05, 4.69) is 266 Å². The molecule has 0 bridgehead atoms. The van der Waals surface area contributed by atoms with Gasteiger partial charge < -0.3 is 14.4 Å². The SMILES string of the molecule is CC(C)(C)c1cc(N2[CH-]N(c3[c-]c(C(C)(C)c4[c-]c5c(cc4)c4cc(-c6ccccc6)ccc4n5-c4cc(C(C)(C)c5ccccc5)ccn4)ccc3)c3ccccc32)cc(C(C)(C)C)c1.[Pt]. The molecule has 0 radical (unpaired) electrons. The molecule has 0 spiro atoms. The number of aromatic nitrogens is 2. The Morgan fingerprint density at radius 3 is 1.76 bits per heavy atom. The van der Waals surface area contributed by atoms with Gasteiger partial charge in [0.1, 0.15) is 5.82 Å². The molecule has 7 aromatic carbocycles. The molecule has 3 heterocycles. The first-order valence-electron chi connectivity index (χ1n) is 23.3. The smallest absolute Gasteiger partial charge is 0.135 e. The van der Waals surface area contributed by atoms with Crippen molar-refractivity contribution in [1.29, 1.82) is 0 Å². The third-order valence-corrected chi connectivity index (χ3v) is 13.9. The Balaban J connectivity index is 0.00000562. The van der Waals surface area contributed by atoms with Crippen LogP contribution in [0.2, 0.25) is 0 Å². The van der Waals surface area contributed by atoms with Crippen molar-refractivity contribution in [2.24, 2.45) is 0 Å². The van der Waals surface area contributed by atoms with Gasteiger partial charge in [-0.05, 0) is 97.5 Å². The number of benzene rings is 7. The molecule has 0 unspecified atom stereocenters. The van der Waals surface area contributed by atoms with Crippen LogP contribution in [0.5, 0.6) is 0 Å². The fraction of sp³-hybridized carbons (Fsp3) is 0.226. The quantitative estimate of drug-likeness (QED) is 0.142. The van der Waals surface area contributed by atoms with Gasteiger partial charge in [-0.3, -0.25) is 0 Å². The van der Waals surface area contributed by atoms with Gasteiger partial charge >= 0.3 is 0 Å². The third kappa shape index (κ3) is 8.33. The zero-order valence-corrected chi connectivity index (χ0v) is 42.6. The fourth-order valence-electron chi connectivity index (χ4n) is 9.54. The van der Waals surface area contributed by atoms with Crippen molar-refractivity contribution in [3.05, 3.63) is 222 Å². The minimum atomic E-state index is -0.452. The number of rotatable bonds is 8. The number of pyridine rings is 1. The molecule has 9 aromatic rings. The summed E-state index contributed by atoms with van der Waals surface area (Å²) in [7, 11) is 0. The largest absolute Gasteiger partial charge is 0.493 e. The van der Waals surface area contributed by atoms with Crippen LogP contribution >= 0.6 is 0 Å². The molecule has 0 saturated carbocycles. The molecule has 340 valence electrons. The molecule has 0 amide bonds. The van der Waals surface area contributed by atoms with Gasteiger partial charge in [-0.1, -0.05) is 166 Å². The van der Waals surface area contributed by atoms with Crippen LogP contribution in [0.25, 0.3) is 38.8 Å². The molecule has 10 rings (SSSR count). The summed E-state index contributed by atoms with van der Waals surface area (Å²) in [5.74, 6) is 0.874. The van der Waals surface area contributed by atoms with Crippen LogP contribution in [0.1, 0.15) is 103 Å². The number of para-hydroxylation sites is 2. The normalized spacial score (nSPS) is 13.3. The number of fused-ring (bicyclic) bond motifs is 4. The first kappa shape index (κ1) is 45.9. The molecule has 5 heteroatoms. The van der Waals surface area contributed by atoms with E-state index in [-0.39, 0.29) is 37.3 Å². The summed E-state index contributed by atoms with van der Waals surface area (Å²) in [6, 6.07) is 67.4. The average Bonchev–Trinajstić information content (AvgIpc) is 3.87. The second-order valence-electron chi connectivity index (χ2n) is 21.1. The van der Waals surface area contributed by atoms with E-state index in [1.165, 1.54) is 38.8 Å². The van der Waals surface area contributed by atoms with Gasteiger partial charge in [0.05, 0.1) is 0 Å². The maximum atomic E-state index is 5.08. The van der Waals surface area contributed by atoms with Gasteiger partial charge in [-0.15, -0.1) is 17.7 Å². The summed E-state index contributed by atoms with van der Waals surface area (Å²) >= 11 is 0. The van der Waals surface area contributed by atoms with Gasteiger partial charge in [0.25, 0.3) is 0 Å². The summed E-state index contributed by atoms with van der Waals surface area (Å²) in [5.41, 5.74) is 15.5. The maximum Gasteiger partial charge on any atom is 0.135 e. The molecule has 0 saturated heterocycles. The number of nitrogens with zero attached hydrogens (tertiary/aromatic N) is 4.